The van der Waals surface area contributed by atoms with Crippen LogP contribution in [-0.2, 0) is 0 Å². The summed E-state index contributed by atoms with van der Waals surface area (Å²) in [4.78, 5) is 22.8. The van der Waals surface area contributed by atoms with Gasteiger partial charge in [0.2, 0.25) is 0 Å². The Labute approximate surface area is 142 Å². The number of nitrogens with zero attached hydrogens (tertiary/aromatic N) is 2. The summed E-state index contributed by atoms with van der Waals surface area (Å²) >= 11 is 0. The first-order valence-corrected chi connectivity index (χ1v) is 7.45. The van der Waals surface area contributed by atoms with Crippen molar-refractivity contribution in [3.8, 4) is 5.75 Å². The van der Waals surface area contributed by atoms with Gasteiger partial charge in [-0.15, -0.1) is 10.2 Å². The van der Waals surface area contributed by atoms with E-state index in [0.717, 1.165) is 5.39 Å². The Morgan fingerprint density at radius 3 is 2.64 bits per heavy atom. The van der Waals surface area contributed by atoms with Crippen molar-refractivity contribution < 1.29 is 19.1 Å². The second-order valence-corrected chi connectivity index (χ2v) is 5.53. The number of fused-ring (bicyclic) bond motifs is 1. The number of aryl methyl sites for hydroxylation is 1. The fraction of sp³-hybridized carbons (Fsp3) is 0.111. The van der Waals surface area contributed by atoms with Crippen molar-refractivity contribution >= 4 is 34.5 Å². The number of furan rings is 1. The first-order chi connectivity index (χ1) is 11.9. The molecule has 25 heavy (non-hydrogen) atoms. The van der Waals surface area contributed by atoms with Crippen molar-refractivity contribution in [1.82, 2.24) is 0 Å². The molecule has 0 radical (unpaired) electrons. The zero-order valence-electron chi connectivity index (χ0n) is 13.6. The number of rotatable bonds is 4. The van der Waals surface area contributed by atoms with Crippen LogP contribution in [0.25, 0.3) is 10.8 Å². The number of aromatic hydroxyl groups is 1. The molecular weight excluding hydrogens is 322 g/mol. The third-order valence-corrected chi connectivity index (χ3v) is 4.01. The second-order valence-electron chi connectivity index (χ2n) is 5.53. The average molecular weight is 337 g/mol. The Morgan fingerprint density at radius 1 is 1.24 bits per heavy atom. The third-order valence-electron chi connectivity index (χ3n) is 4.01. The van der Waals surface area contributed by atoms with Crippen LogP contribution < -0.4 is 5.73 Å². The predicted molar refractivity (Wildman–Crippen MR) is 91.9 cm³/mol. The Morgan fingerprint density at radius 2 is 1.96 bits per heavy atom. The quantitative estimate of drug-likeness (QED) is 0.550. The highest BCUT2D eigenvalue weighted by Gasteiger charge is 2.20. The topological polar surface area (TPSA) is 118 Å². The lowest BCUT2D eigenvalue weighted by Crippen LogP contribution is -2.11. The number of amides is 1. The minimum atomic E-state index is -0.681. The number of phenolic OH excluding ortho intramolecular Hbond substituents is 1. The van der Waals surface area contributed by atoms with Crippen molar-refractivity contribution in [3.63, 3.8) is 0 Å². The summed E-state index contributed by atoms with van der Waals surface area (Å²) in [6.45, 7) is 3.37. The molecule has 0 bridgehead atoms. The summed E-state index contributed by atoms with van der Waals surface area (Å²) in [5.74, 6) is -0.516. The molecule has 0 fully saturated rings. The van der Waals surface area contributed by atoms with Crippen LogP contribution in [0.4, 0.5) is 11.6 Å². The van der Waals surface area contributed by atoms with E-state index in [2.05, 4.69) is 10.2 Å². The van der Waals surface area contributed by atoms with E-state index >= 15 is 0 Å². The molecule has 1 amide bonds. The van der Waals surface area contributed by atoms with Crippen LogP contribution in [-0.4, -0.2) is 17.3 Å². The lowest BCUT2D eigenvalue weighted by molar-refractivity contribution is 0.0999. The first kappa shape index (κ1) is 16.4. The minimum Gasteiger partial charge on any atom is -0.505 e. The molecule has 7 nitrogen and oxygen atoms in total. The number of azo groups is 1. The van der Waals surface area contributed by atoms with Crippen LogP contribution in [0.3, 0.4) is 0 Å². The molecule has 7 heteroatoms. The molecule has 0 saturated heterocycles. The van der Waals surface area contributed by atoms with E-state index < -0.39 is 5.91 Å². The van der Waals surface area contributed by atoms with Gasteiger partial charge in [0.15, 0.2) is 12.0 Å². The third kappa shape index (κ3) is 2.76. The number of aldehydes is 1. The van der Waals surface area contributed by atoms with Gasteiger partial charge in [0, 0.05) is 10.9 Å². The second kappa shape index (κ2) is 6.20. The van der Waals surface area contributed by atoms with Crippen LogP contribution in [0.1, 0.15) is 32.0 Å². The normalized spacial score (nSPS) is 11.3. The molecule has 1 heterocycles. The number of carbonyl (C=O) groups is 2. The Kier molecular flexibility index (Phi) is 4.06. The van der Waals surface area contributed by atoms with Gasteiger partial charge in [-0.25, -0.2) is 0 Å². The summed E-state index contributed by atoms with van der Waals surface area (Å²) in [6.07, 6.45) is 0.539. The molecule has 0 aliphatic carbocycles. The van der Waals surface area contributed by atoms with Crippen LogP contribution in [0.15, 0.2) is 45.0 Å². The SMILES string of the molecule is Cc1oc(N=Nc2c(O)c(C=O)cc3ccccc23)c(C(N)=O)c1C. The Bertz CT molecular complexity index is 1030. The summed E-state index contributed by atoms with van der Waals surface area (Å²) in [5, 5.41) is 19.6. The van der Waals surface area contributed by atoms with E-state index in [4.69, 9.17) is 10.2 Å². The number of primary amides is 1. The van der Waals surface area contributed by atoms with Gasteiger partial charge in [0.1, 0.15) is 17.0 Å². The van der Waals surface area contributed by atoms with E-state index in [9.17, 15) is 14.7 Å². The van der Waals surface area contributed by atoms with E-state index in [1.54, 1.807) is 44.2 Å². The fourth-order valence-corrected chi connectivity index (χ4v) is 2.59. The van der Waals surface area contributed by atoms with E-state index in [1.807, 2.05) is 0 Å². The monoisotopic (exact) mass is 337 g/mol. The molecule has 1 aromatic heterocycles. The molecule has 0 saturated carbocycles. The van der Waals surface area contributed by atoms with E-state index in [-0.39, 0.29) is 28.4 Å². The molecular formula is C18H15N3O4. The van der Waals surface area contributed by atoms with Crippen molar-refractivity contribution in [2.75, 3.05) is 0 Å². The molecule has 2 aromatic carbocycles. The zero-order chi connectivity index (χ0) is 18.1. The van der Waals surface area contributed by atoms with Gasteiger partial charge in [0.25, 0.3) is 11.8 Å². The number of hydrogen-bond acceptors (Lipinski definition) is 6. The number of carbonyl (C=O) groups excluding carboxylic acids is 2. The molecule has 3 rings (SSSR count). The highest BCUT2D eigenvalue weighted by Crippen LogP contribution is 2.39. The molecule has 0 spiro atoms. The molecule has 3 aromatic rings. The minimum absolute atomic E-state index is 0.0394. The molecule has 0 unspecified atom stereocenters. The van der Waals surface area contributed by atoms with Crippen molar-refractivity contribution in [2.24, 2.45) is 16.0 Å². The highest BCUT2D eigenvalue weighted by molar-refractivity contribution is 6.01. The molecule has 126 valence electrons. The van der Waals surface area contributed by atoms with E-state index in [1.165, 1.54) is 0 Å². The van der Waals surface area contributed by atoms with Gasteiger partial charge in [-0.1, -0.05) is 24.3 Å². The number of phenols is 1. The van der Waals surface area contributed by atoms with Gasteiger partial charge in [-0.3, -0.25) is 9.59 Å². The smallest absolute Gasteiger partial charge is 0.254 e. The number of benzene rings is 2. The van der Waals surface area contributed by atoms with Crippen LogP contribution in [0.2, 0.25) is 0 Å². The zero-order valence-corrected chi connectivity index (χ0v) is 13.6. The first-order valence-electron chi connectivity index (χ1n) is 7.45. The maximum Gasteiger partial charge on any atom is 0.254 e. The lowest BCUT2D eigenvalue weighted by Gasteiger charge is -2.06. The summed E-state index contributed by atoms with van der Waals surface area (Å²) in [6, 6.07) is 8.67. The number of hydrogen-bond donors (Lipinski definition) is 2. The Hall–Kier alpha value is -3.48. The predicted octanol–water partition coefficient (Wildman–Crippen LogP) is 4.08. The summed E-state index contributed by atoms with van der Waals surface area (Å²) in [7, 11) is 0. The maximum absolute atomic E-state index is 11.6. The Balaban J connectivity index is 2.20. The lowest BCUT2D eigenvalue weighted by atomic mass is 10.0. The van der Waals surface area contributed by atoms with E-state index in [0.29, 0.717) is 23.0 Å². The van der Waals surface area contributed by atoms with Gasteiger partial charge < -0.3 is 15.3 Å². The highest BCUT2D eigenvalue weighted by atomic mass is 16.4. The van der Waals surface area contributed by atoms with Gasteiger partial charge in [-0.2, -0.15) is 0 Å². The molecule has 3 N–H and O–H groups in total. The van der Waals surface area contributed by atoms with Gasteiger partial charge in [0.05, 0.1) is 5.56 Å². The molecule has 0 atom stereocenters. The van der Waals surface area contributed by atoms with Crippen molar-refractivity contribution in [1.29, 1.82) is 0 Å². The van der Waals surface area contributed by atoms with Crippen LogP contribution in [0, 0.1) is 13.8 Å². The van der Waals surface area contributed by atoms with Gasteiger partial charge >= 0.3 is 0 Å². The van der Waals surface area contributed by atoms with Gasteiger partial charge in [-0.05, 0) is 25.3 Å². The summed E-state index contributed by atoms with van der Waals surface area (Å²) < 4.78 is 5.42. The van der Waals surface area contributed by atoms with Crippen LogP contribution in [0.5, 0.6) is 5.75 Å². The fourth-order valence-electron chi connectivity index (χ4n) is 2.59. The molecule has 0 aliphatic rings. The average Bonchev–Trinajstić information content (AvgIpc) is 2.88. The molecule has 0 aliphatic heterocycles. The standard InChI is InChI=1S/C18H15N3O4/c1-9-10(2)25-18(14(9)17(19)24)21-20-15-13-6-4-3-5-11(13)7-12(8-22)16(15)23/h3-8,23H,1-2H3,(H2,19,24). The van der Waals surface area contributed by atoms with Crippen LogP contribution >= 0.6 is 0 Å². The van der Waals surface area contributed by atoms with Crippen molar-refractivity contribution in [2.45, 2.75) is 13.8 Å². The largest absolute Gasteiger partial charge is 0.505 e. The van der Waals surface area contributed by atoms with Crippen molar-refractivity contribution in [3.05, 3.63) is 52.8 Å². The number of nitrogens with two attached hydrogens (primary N) is 1. The maximum atomic E-state index is 11.6. The summed E-state index contributed by atoms with van der Waals surface area (Å²) in [5.41, 5.74) is 6.29.